The SMILES string of the molecule is CCOc1cc(CNCc2ccc3c(c2)OCO3)c(Cl)cc1OCc1ccc(F)cc1Cl. The zero-order valence-corrected chi connectivity index (χ0v) is 18.9. The predicted molar refractivity (Wildman–Crippen MR) is 121 cm³/mol. The summed E-state index contributed by atoms with van der Waals surface area (Å²) in [6.07, 6.45) is 0. The largest absolute Gasteiger partial charge is 0.490 e. The van der Waals surface area contributed by atoms with Crippen molar-refractivity contribution in [2.75, 3.05) is 13.4 Å². The molecule has 168 valence electrons. The lowest BCUT2D eigenvalue weighted by atomic mass is 10.1. The van der Waals surface area contributed by atoms with E-state index < -0.39 is 5.82 Å². The molecule has 0 bridgehead atoms. The van der Waals surface area contributed by atoms with Crippen LogP contribution in [0.2, 0.25) is 10.0 Å². The maximum atomic E-state index is 13.3. The first-order chi connectivity index (χ1) is 15.5. The normalized spacial score (nSPS) is 12.1. The number of rotatable bonds is 9. The minimum Gasteiger partial charge on any atom is -0.490 e. The average molecular weight is 478 g/mol. The summed E-state index contributed by atoms with van der Waals surface area (Å²) in [7, 11) is 0. The summed E-state index contributed by atoms with van der Waals surface area (Å²) in [6.45, 7) is 3.96. The second-order valence-corrected chi connectivity index (χ2v) is 7.95. The molecule has 1 aliphatic rings. The molecule has 1 heterocycles. The lowest BCUT2D eigenvalue weighted by Gasteiger charge is -2.16. The Morgan fingerprint density at radius 2 is 1.66 bits per heavy atom. The monoisotopic (exact) mass is 477 g/mol. The van der Waals surface area contributed by atoms with Crippen molar-refractivity contribution in [2.45, 2.75) is 26.6 Å². The molecule has 0 radical (unpaired) electrons. The van der Waals surface area contributed by atoms with Crippen LogP contribution in [0.5, 0.6) is 23.0 Å². The van der Waals surface area contributed by atoms with Crippen LogP contribution in [-0.2, 0) is 19.7 Å². The minimum absolute atomic E-state index is 0.164. The molecule has 0 saturated heterocycles. The van der Waals surface area contributed by atoms with Crippen molar-refractivity contribution in [3.05, 3.63) is 81.1 Å². The zero-order valence-electron chi connectivity index (χ0n) is 17.4. The van der Waals surface area contributed by atoms with Gasteiger partial charge < -0.3 is 24.3 Å². The van der Waals surface area contributed by atoms with Crippen LogP contribution < -0.4 is 24.3 Å². The number of hydrogen-bond donors (Lipinski definition) is 1. The Morgan fingerprint density at radius 3 is 2.47 bits per heavy atom. The van der Waals surface area contributed by atoms with E-state index in [0.717, 1.165) is 22.6 Å². The number of nitrogens with one attached hydrogen (secondary N) is 1. The Bertz CT molecular complexity index is 1110. The van der Waals surface area contributed by atoms with Crippen molar-refractivity contribution in [1.29, 1.82) is 0 Å². The summed E-state index contributed by atoms with van der Waals surface area (Å²) in [5, 5.41) is 4.23. The van der Waals surface area contributed by atoms with Gasteiger partial charge in [0, 0.05) is 29.7 Å². The van der Waals surface area contributed by atoms with Crippen LogP contribution in [0.15, 0.2) is 48.5 Å². The molecule has 1 aliphatic heterocycles. The van der Waals surface area contributed by atoms with E-state index in [9.17, 15) is 4.39 Å². The molecular weight excluding hydrogens is 456 g/mol. The molecule has 3 aromatic carbocycles. The third-order valence-corrected chi connectivity index (χ3v) is 5.60. The maximum Gasteiger partial charge on any atom is 0.231 e. The molecule has 5 nitrogen and oxygen atoms in total. The maximum absolute atomic E-state index is 13.3. The summed E-state index contributed by atoms with van der Waals surface area (Å²) in [4.78, 5) is 0. The van der Waals surface area contributed by atoms with Gasteiger partial charge in [-0.05, 0) is 48.4 Å². The summed E-state index contributed by atoms with van der Waals surface area (Å²) < 4.78 is 35.7. The van der Waals surface area contributed by atoms with E-state index >= 15 is 0 Å². The summed E-state index contributed by atoms with van der Waals surface area (Å²) >= 11 is 12.6. The summed E-state index contributed by atoms with van der Waals surface area (Å²) in [5.41, 5.74) is 2.62. The standard InChI is InChI=1S/C24H22Cl2FNO4/c1-2-29-23-8-17(12-28-11-15-3-6-21-22(7-15)32-14-31-21)20(26)10-24(23)30-13-16-4-5-18(27)9-19(16)25/h3-10,28H,2,11-14H2,1H3. The van der Waals surface area contributed by atoms with Crippen LogP contribution in [0.1, 0.15) is 23.6 Å². The Labute approximate surface area is 196 Å². The first kappa shape index (κ1) is 22.5. The molecule has 0 aromatic heterocycles. The smallest absolute Gasteiger partial charge is 0.231 e. The van der Waals surface area contributed by atoms with Crippen molar-refractivity contribution in [3.63, 3.8) is 0 Å². The Morgan fingerprint density at radius 1 is 0.875 bits per heavy atom. The summed E-state index contributed by atoms with van der Waals surface area (Å²) in [6, 6.07) is 13.6. The molecule has 0 fully saturated rings. The lowest BCUT2D eigenvalue weighted by molar-refractivity contribution is 0.174. The van der Waals surface area contributed by atoms with E-state index in [0.29, 0.717) is 46.8 Å². The van der Waals surface area contributed by atoms with E-state index in [-0.39, 0.29) is 13.4 Å². The number of fused-ring (bicyclic) bond motifs is 1. The second kappa shape index (κ2) is 10.3. The van der Waals surface area contributed by atoms with E-state index in [2.05, 4.69) is 5.32 Å². The third kappa shape index (κ3) is 5.38. The molecule has 4 rings (SSSR count). The van der Waals surface area contributed by atoms with Gasteiger partial charge >= 0.3 is 0 Å². The molecule has 32 heavy (non-hydrogen) atoms. The number of benzene rings is 3. The fourth-order valence-corrected chi connectivity index (χ4v) is 3.72. The van der Waals surface area contributed by atoms with Crippen LogP contribution in [-0.4, -0.2) is 13.4 Å². The van der Waals surface area contributed by atoms with Crippen LogP contribution in [0, 0.1) is 5.82 Å². The van der Waals surface area contributed by atoms with Gasteiger partial charge in [0.05, 0.1) is 11.6 Å². The third-order valence-electron chi connectivity index (χ3n) is 4.89. The topological polar surface area (TPSA) is 49.0 Å². The lowest BCUT2D eigenvalue weighted by Crippen LogP contribution is -2.13. The number of ether oxygens (including phenoxy) is 4. The minimum atomic E-state index is -0.394. The van der Waals surface area contributed by atoms with Gasteiger partial charge in [0.25, 0.3) is 0 Å². The molecule has 0 amide bonds. The molecule has 0 atom stereocenters. The van der Waals surface area contributed by atoms with Gasteiger partial charge in [-0.3, -0.25) is 0 Å². The van der Waals surface area contributed by atoms with E-state index in [4.69, 9.17) is 42.1 Å². The highest BCUT2D eigenvalue weighted by atomic mass is 35.5. The van der Waals surface area contributed by atoms with Crippen LogP contribution in [0.25, 0.3) is 0 Å². The molecule has 0 aliphatic carbocycles. The highest BCUT2D eigenvalue weighted by Crippen LogP contribution is 2.35. The van der Waals surface area contributed by atoms with Gasteiger partial charge in [0.2, 0.25) is 6.79 Å². The molecule has 1 N–H and O–H groups in total. The second-order valence-electron chi connectivity index (χ2n) is 7.14. The van der Waals surface area contributed by atoms with Crippen molar-refractivity contribution < 1.29 is 23.3 Å². The number of hydrogen-bond acceptors (Lipinski definition) is 5. The van der Waals surface area contributed by atoms with Gasteiger partial charge in [0.15, 0.2) is 23.0 Å². The molecule has 0 spiro atoms. The molecule has 3 aromatic rings. The quantitative estimate of drug-likeness (QED) is 0.401. The summed E-state index contributed by atoms with van der Waals surface area (Å²) in [5.74, 6) is 2.19. The first-order valence-electron chi connectivity index (χ1n) is 10.1. The Balaban J connectivity index is 1.42. The van der Waals surface area contributed by atoms with Crippen molar-refractivity contribution in [3.8, 4) is 23.0 Å². The average Bonchev–Trinajstić information content (AvgIpc) is 3.23. The van der Waals surface area contributed by atoms with Crippen molar-refractivity contribution >= 4 is 23.2 Å². The molecular formula is C24H22Cl2FNO4. The predicted octanol–water partition coefficient (Wildman–Crippen LogP) is 6.13. The fourth-order valence-electron chi connectivity index (χ4n) is 3.28. The fraction of sp³-hybridized carbons (Fsp3) is 0.250. The molecule has 8 heteroatoms. The van der Waals surface area contributed by atoms with E-state index in [1.165, 1.54) is 12.1 Å². The highest BCUT2D eigenvalue weighted by Gasteiger charge is 2.14. The Kier molecular flexibility index (Phi) is 7.25. The van der Waals surface area contributed by atoms with Gasteiger partial charge in [-0.2, -0.15) is 0 Å². The Hall–Kier alpha value is -2.67. The van der Waals surface area contributed by atoms with Gasteiger partial charge in [0.1, 0.15) is 12.4 Å². The van der Waals surface area contributed by atoms with Crippen LogP contribution >= 0.6 is 23.2 Å². The van der Waals surface area contributed by atoms with Crippen molar-refractivity contribution in [2.24, 2.45) is 0 Å². The zero-order chi connectivity index (χ0) is 22.5. The van der Waals surface area contributed by atoms with E-state index in [1.807, 2.05) is 31.2 Å². The first-order valence-corrected chi connectivity index (χ1v) is 10.9. The van der Waals surface area contributed by atoms with Crippen LogP contribution in [0.3, 0.4) is 0 Å². The number of halogens is 3. The van der Waals surface area contributed by atoms with Gasteiger partial charge in [-0.25, -0.2) is 4.39 Å². The molecule has 0 unspecified atom stereocenters. The highest BCUT2D eigenvalue weighted by molar-refractivity contribution is 6.31. The van der Waals surface area contributed by atoms with Crippen LogP contribution in [0.4, 0.5) is 4.39 Å². The van der Waals surface area contributed by atoms with Gasteiger partial charge in [-0.15, -0.1) is 0 Å². The molecule has 0 saturated carbocycles. The van der Waals surface area contributed by atoms with Gasteiger partial charge in [-0.1, -0.05) is 35.3 Å². The van der Waals surface area contributed by atoms with E-state index in [1.54, 1.807) is 12.1 Å². The van der Waals surface area contributed by atoms with Crippen molar-refractivity contribution in [1.82, 2.24) is 5.32 Å².